The van der Waals surface area contributed by atoms with Crippen molar-refractivity contribution in [3.63, 3.8) is 0 Å². The molecule has 3 nitrogen and oxygen atoms in total. The number of aliphatic hydroxyl groups is 1. The fraction of sp³-hybridized carbons (Fsp3) is 0.375. The predicted octanol–water partition coefficient (Wildman–Crippen LogP) is 1.36. The summed E-state index contributed by atoms with van der Waals surface area (Å²) in [6, 6.07) is 1.14. The Kier molecular flexibility index (Phi) is 3.36. The Hall–Kier alpha value is -0.780. The molecule has 0 amide bonds. The Morgan fingerprint density at radius 3 is 2.64 bits per heavy atom. The molecule has 0 aliphatic rings. The standard InChI is InChI=1S/C8H9ClF2N2O/c9-6-2-1-5(3-13-6)7(12)8(10,11)4-14/h1-3,7,14H,4,12H2/t7-/m0/s1. The number of hydrogen-bond acceptors (Lipinski definition) is 3. The number of pyridine rings is 1. The molecule has 0 saturated heterocycles. The van der Waals surface area contributed by atoms with Gasteiger partial charge in [0.05, 0.1) is 6.04 Å². The molecule has 0 saturated carbocycles. The second-order valence-corrected chi connectivity index (χ2v) is 3.20. The van der Waals surface area contributed by atoms with Crippen LogP contribution in [-0.4, -0.2) is 22.6 Å². The van der Waals surface area contributed by atoms with Gasteiger partial charge in [0.2, 0.25) is 0 Å². The topological polar surface area (TPSA) is 59.1 Å². The normalized spacial score (nSPS) is 14.1. The molecule has 0 spiro atoms. The summed E-state index contributed by atoms with van der Waals surface area (Å²) in [5.74, 6) is -3.35. The van der Waals surface area contributed by atoms with Crippen molar-refractivity contribution >= 4 is 11.6 Å². The summed E-state index contributed by atoms with van der Waals surface area (Å²) in [6.07, 6.45) is 1.16. The van der Waals surface area contributed by atoms with E-state index in [1.165, 1.54) is 12.1 Å². The van der Waals surface area contributed by atoms with Crippen molar-refractivity contribution in [1.29, 1.82) is 0 Å². The molecular weight excluding hydrogens is 214 g/mol. The zero-order valence-corrected chi connectivity index (χ0v) is 7.88. The Morgan fingerprint density at radius 2 is 2.21 bits per heavy atom. The summed E-state index contributed by atoms with van der Waals surface area (Å²) < 4.78 is 25.8. The minimum atomic E-state index is -3.35. The molecule has 0 bridgehead atoms. The molecule has 0 radical (unpaired) electrons. The van der Waals surface area contributed by atoms with Crippen LogP contribution in [0, 0.1) is 0 Å². The first-order valence-corrected chi connectivity index (χ1v) is 4.21. The lowest BCUT2D eigenvalue weighted by atomic mass is 10.0. The number of hydrogen-bond donors (Lipinski definition) is 2. The number of halogens is 3. The summed E-state index contributed by atoms with van der Waals surface area (Å²) in [6.45, 7) is -1.29. The minimum Gasteiger partial charge on any atom is -0.390 e. The van der Waals surface area contributed by atoms with Crippen molar-refractivity contribution in [2.75, 3.05) is 6.61 Å². The smallest absolute Gasteiger partial charge is 0.289 e. The van der Waals surface area contributed by atoms with Gasteiger partial charge in [0.25, 0.3) is 5.92 Å². The first-order chi connectivity index (χ1) is 6.47. The van der Waals surface area contributed by atoms with Gasteiger partial charge in [-0.2, -0.15) is 0 Å². The average molecular weight is 223 g/mol. The van der Waals surface area contributed by atoms with Gasteiger partial charge in [-0.3, -0.25) is 0 Å². The van der Waals surface area contributed by atoms with Gasteiger partial charge in [0, 0.05) is 6.20 Å². The molecule has 0 unspecified atom stereocenters. The van der Waals surface area contributed by atoms with Crippen molar-refractivity contribution in [1.82, 2.24) is 4.98 Å². The lowest BCUT2D eigenvalue weighted by Gasteiger charge is -2.21. The molecule has 1 aromatic rings. The van der Waals surface area contributed by atoms with Gasteiger partial charge in [-0.05, 0) is 11.6 Å². The molecule has 1 atom stereocenters. The molecule has 0 aromatic carbocycles. The van der Waals surface area contributed by atoms with Gasteiger partial charge in [-0.25, -0.2) is 13.8 Å². The number of rotatable bonds is 3. The number of nitrogens with zero attached hydrogens (tertiary/aromatic N) is 1. The van der Waals surface area contributed by atoms with Crippen molar-refractivity contribution < 1.29 is 13.9 Å². The van der Waals surface area contributed by atoms with E-state index in [4.69, 9.17) is 22.4 Å². The second kappa shape index (κ2) is 4.16. The van der Waals surface area contributed by atoms with Gasteiger partial charge in [-0.1, -0.05) is 17.7 Å². The van der Waals surface area contributed by atoms with Crippen molar-refractivity contribution in [3.05, 3.63) is 29.0 Å². The first-order valence-electron chi connectivity index (χ1n) is 3.83. The van der Waals surface area contributed by atoms with Crippen molar-refractivity contribution in [3.8, 4) is 0 Å². The second-order valence-electron chi connectivity index (χ2n) is 2.81. The Labute approximate surface area is 84.5 Å². The van der Waals surface area contributed by atoms with Gasteiger partial charge in [0.1, 0.15) is 11.8 Å². The predicted molar refractivity (Wildman–Crippen MR) is 48.2 cm³/mol. The van der Waals surface area contributed by atoms with Crippen LogP contribution >= 0.6 is 11.6 Å². The maximum atomic E-state index is 12.9. The van der Waals surface area contributed by atoms with E-state index in [0.29, 0.717) is 0 Å². The Morgan fingerprint density at radius 1 is 1.57 bits per heavy atom. The Bertz CT molecular complexity index is 305. The molecule has 6 heteroatoms. The highest BCUT2D eigenvalue weighted by atomic mass is 35.5. The lowest BCUT2D eigenvalue weighted by Crippen LogP contribution is -2.36. The molecular formula is C8H9ClF2N2O. The number of alkyl halides is 2. The van der Waals surface area contributed by atoms with Crippen LogP contribution in [0.3, 0.4) is 0 Å². The third kappa shape index (κ3) is 2.37. The molecule has 0 aliphatic heterocycles. The molecule has 3 N–H and O–H groups in total. The van der Waals surface area contributed by atoms with E-state index in [1.54, 1.807) is 0 Å². The first kappa shape index (κ1) is 11.3. The SMILES string of the molecule is N[C@@H](c1ccc(Cl)nc1)C(F)(F)CO. The van der Waals surface area contributed by atoms with E-state index in [-0.39, 0.29) is 10.7 Å². The van der Waals surface area contributed by atoms with Crippen LogP contribution in [0.1, 0.15) is 11.6 Å². The third-order valence-corrected chi connectivity index (χ3v) is 2.00. The van der Waals surface area contributed by atoms with Crippen LogP contribution in [0.5, 0.6) is 0 Å². The molecule has 1 heterocycles. The molecule has 0 aliphatic carbocycles. The van der Waals surface area contributed by atoms with Crippen LogP contribution in [0.4, 0.5) is 8.78 Å². The number of aromatic nitrogens is 1. The highest BCUT2D eigenvalue weighted by Gasteiger charge is 2.37. The van der Waals surface area contributed by atoms with E-state index in [1.807, 2.05) is 0 Å². The van der Waals surface area contributed by atoms with Crippen LogP contribution in [-0.2, 0) is 0 Å². The largest absolute Gasteiger partial charge is 0.390 e. The fourth-order valence-electron chi connectivity index (χ4n) is 0.913. The van der Waals surface area contributed by atoms with E-state index in [2.05, 4.69) is 4.98 Å². The van der Waals surface area contributed by atoms with Crippen LogP contribution in [0.2, 0.25) is 5.15 Å². The van der Waals surface area contributed by atoms with Crippen LogP contribution in [0.15, 0.2) is 18.3 Å². The highest BCUT2D eigenvalue weighted by molar-refractivity contribution is 6.29. The van der Waals surface area contributed by atoms with Crippen molar-refractivity contribution in [2.24, 2.45) is 5.73 Å². The third-order valence-electron chi connectivity index (χ3n) is 1.78. The highest BCUT2D eigenvalue weighted by Crippen LogP contribution is 2.28. The molecule has 1 aromatic heterocycles. The number of nitrogens with two attached hydrogens (primary N) is 1. The quantitative estimate of drug-likeness (QED) is 0.760. The Balaban J connectivity index is 2.89. The van der Waals surface area contributed by atoms with E-state index < -0.39 is 18.6 Å². The maximum Gasteiger partial charge on any atom is 0.289 e. The van der Waals surface area contributed by atoms with E-state index in [9.17, 15) is 8.78 Å². The van der Waals surface area contributed by atoms with Crippen LogP contribution in [0.25, 0.3) is 0 Å². The summed E-state index contributed by atoms with van der Waals surface area (Å²) in [5, 5.41) is 8.61. The summed E-state index contributed by atoms with van der Waals surface area (Å²) >= 11 is 5.48. The average Bonchev–Trinajstić information content (AvgIpc) is 2.18. The van der Waals surface area contributed by atoms with Gasteiger partial charge in [0.15, 0.2) is 0 Å². The molecule has 0 fully saturated rings. The number of aliphatic hydroxyl groups excluding tert-OH is 1. The maximum absolute atomic E-state index is 12.9. The fourth-order valence-corrected chi connectivity index (χ4v) is 1.03. The summed E-state index contributed by atoms with van der Waals surface area (Å²) in [5.41, 5.74) is 5.37. The minimum absolute atomic E-state index is 0.133. The summed E-state index contributed by atoms with van der Waals surface area (Å²) in [7, 11) is 0. The zero-order valence-electron chi connectivity index (χ0n) is 7.12. The summed E-state index contributed by atoms with van der Waals surface area (Å²) in [4.78, 5) is 3.62. The van der Waals surface area contributed by atoms with E-state index in [0.717, 1.165) is 6.20 Å². The van der Waals surface area contributed by atoms with Gasteiger partial charge >= 0.3 is 0 Å². The van der Waals surface area contributed by atoms with Gasteiger partial charge in [-0.15, -0.1) is 0 Å². The van der Waals surface area contributed by atoms with E-state index >= 15 is 0 Å². The molecule has 14 heavy (non-hydrogen) atoms. The monoisotopic (exact) mass is 222 g/mol. The van der Waals surface area contributed by atoms with Gasteiger partial charge < -0.3 is 10.8 Å². The zero-order chi connectivity index (χ0) is 10.8. The van der Waals surface area contributed by atoms with Crippen molar-refractivity contribution in [2.45, 2.75) is 12.0 Å². The van der Waals surface area contributed by atoms with Crippen LogP contribution < -0.4 is 5.73 Å². The molecule has 1 rings (SSSR count). The molecule has 78 valence electrons. The lowest BCUT2D eigenvalue weighted by molar-refractivity contribution is -0.0712.